The Morgan fingerprint density at radius 2 is 2.00 bits per heavy atom. The number of ether oxygens (including phenoxy) is 1. The summed E-state index contributed by atoms with van der Waals surface area (Å²) in [5.41, 5.74) is 1.18. The molecule has 0 radical (unpaired) electrons. The highest BCUT2D eigenvalue weighted by molar-refractivity contribution is 6.42. The van der Waals surface area contributed by atoms with Crippen LogP contribution >= 0.6 is 23.2 Å². The molecule has 20 heavy (non-hydrogen) atoms. The maximum Gasteiger partial charge on any atom is 0.0965 e. The van der Waals surface area contributed by atoms with E-state index in [4.69, 9.17) is 27.9 Å². The van der Waals surface area contributed by atoms with E-state index < -0.39 is 0 Å². The van der Waals surface area contributed by atoms with Gasteiger partial charge >= 0.3 is 0 Å². The first-order chi connectivity index (χ1) is 9.60. The highest BCUT2D eigenvalue weighted by Gasteiger charge is 2.38. The molecule has 1 saturated heterocycles. The molecule has 0 bridgehead atoms. The first-order valence-corrected chi connectivity index (χ1v) is 8.16. The SMILES string of the molecule is CC1CCC2(CC1)COC(c1cccc(Cl)c1Cl)CN2. The number of morpholine rings is 1. The minimum atomic E-state index is 0.00572. The standard InChI is InChI=1S/C16H21Cl2NO/c1-11-5-7-16(8-6-11)10-20-14(9-19-16)12-3-2-4-13(17)15(12)18/h2-4,11,14,19H,5-10H2,1H3. The van der Waals surface area contributed by atoms with Gasteiger partial charge in [-0.15, -0.1) is 0 Å². The van der Waals surface area contributed by atoms with Gasteiger partial charge in [-0.05, 0) is 37.7 Å². The molecule has 2 nitrogen and oxygen atoms in total. The van der Waals surface area contributed by atoms with Gasteiger partial charge in [-0.3, -0.25) is 0 Å². The predicted molar refractivity (Wildman–Crippen MR) is 83.5 cm³/mol. The zero-order valence-electron chi connectivity index (χ0n) is 11.8. The lowest BCUT2D eigenvalue weighted by molar-refractivity contribution is -0.0503. The summed E-state index contributed by atoms with van der Waals surface area (Å²) in [5.74, 6) is 0.850. The minimum absolute atomic E-state index is 0.00572. The topological polar surface area (TPSA) is 21.3 Å². The van der Waals surface area contributed by atoms with Crippen LogP contribution in [0.3, 0.4) is 0 Å². The van der Waals surface area contributed by atoms with Crippen LogP contribution in [0.4, 0.5) is 0 Å². The van der Waals surface area contributed by atoms with E-state index in [2.05, 4.69) is 12.2 Å². The Morgan fingerprint density at radius 1 is 1.25 bits per heavy atom. The average Bonchev–Trinajstić information content (AvgIpc) is 2.47. The van der Waals surface area contributed by atoms with Crippen molar-refractivity contribution in [2.24, 2.45) is 5.92 Å². The first kappa shape index (κ1) is 14.6. The summed E-state index contributed by atoms with van der Waals surface area (Å²) >= 11 is 12.4. The second-order valence-electron chi connectivity index (χ2n) is 6.29. The number of rotatable bonds is 1. The third kappa shape index (κ3) is 2.85. The van der Waals surface area contributed by atoms with Crippen molar-refractivity contribution in [1.29, 1.82) is 0 Å². The Balaban J connectivity index is 1.68. The third-order valence-corrected chi connectivity index (χ3v) is 5.62. The quantitative estimate of drug-likeness (QED) is 0.818. The molecule has 1 saturated carbocycles. The summed E-state index contributed by atoms with van der Waals surface area (Å²) in [5, 5.41) is 4.94. The molecule has 1 aliphatic heterocycles. The van der Waals surface area contributed by atoms with Gasteiger partial charge in [-0.1, -0.05) is 42.3 Å². The lowest BCUT2D eigenvalue weighted by atomic mass is 9.77. The van der Waals surface area contributed by atoms with Crippen LogP contribution in [0.2, 0.25) is 10.0 Å². The van der Waals surface area contributed by atoms with Gasteiger partial charge in [0.05, 0.1) is 22.8 Å². The molecule has 2 aliphatic rings. The summed E-state index contributed by atoms with van der Waals surface area (Å²) in [4.78, 5) is 0. The predicted octanol–water partition coefficient (Wildman–Crippen LogP) is 4.60. The van der Waals surface area contributed by atoms with Crippen molar-refractivity contribution in [2.75, 3.05) is 13.2 Å². The monoisotopic (exact) mass is 313 g/mol. The highest BCUT2D eigenvalue weighted by Crippen LogP contribution is 2.38. The molecule has 0 amide bonds. The minimum Gasteiger partial charge on any atom is -0.370 e. The van der Waals surface area contributed by atoms with E-state index >= 15 is 0 Å². The molecule has 1 spiro atoms. The Labute approximate surface area is 130 Å². The van der Waals surface area contributed by atoms with E-state index in [9.17, 15) is 0 Å². The second kappa shape index (κ2) is 5.84. The van der Waals surface area contributed by atoms with Crippen LogP contribution in [-0.4, -0.2) is 18.7 Å². The normalized spacial score (nSPS) is 34.4. The molecule has 1 aromatic carbocycles. The Bertz CT molecular complexity index is 473. The van der Waals surface area contributed by atoms with Crippen LogP contribution < -0.4 is 5.32 Å². The van der Waals surface area contributed by atoms with Crippen molar-refractivity contribution >= 4 is 23.2 Å². The van der Waals surface area contributed by atoms with E-state index in [0.717, 1.165) is 24.6 Å². The summed E-state index contributed by atoms with van der Waals surface area (Å²) in [6.07, 6.45) is 5.01. The summed E-state index contributed by atoms with van der Waals surface area (Å²) in [6, 6.07) is 5.74. The van der Waals surface area contributed by atoms with Gasteiger partial charge in [0.2, 0.25) is 0 Å². The van der Waals surface area contributed by atoms with Crippen molar-refractivity contribution in [3.8, 4) is 0 Å². The van der Waals surface area contributed by atoms with Crippen LogP contribution in [0, 0.1) is 5.92 Å². The lowest BCUT2D eigenvalue weighted by Crippen LogP contribution is -2.56. The van der Waals surface area contributed by atoms with Crippen molar-refractivity contribution in [3.05, 3.63) is 33.8 Å². The molecule has 1 heterocycles. The summed E-state index contributed by atoms with van der Waals surface area (Å²) < 4.78 is 6.12. The van der Waals surface area contributed by atoms with Crippen LogP contribution in [0.1, 0.15) is 44.3 Å². The molecule has 4 heteroatoms. The van der Waals surface area contributed by atoms with Gasteiger partial charge in [-0.25, -0.2) is 0 Å². The van der Waals surface area contributed by atoms with E-state index in [-0.39, 0.29) is 11.6 Å². The van der Waals surface area contributed by atoms with Gasteiger partial charge < -0.3 is 10.1 Å². The van der Waals surface area contributed by atoms with E-state index in [1.54, 1.807) is 0 Å². The van der Waals surface area contributed by atoms with Gasteiger partial charge in [0, 0.05) is 17.6 Å². The summed E-state index contributed by atoms with van der Waals surface area (Å²) in [6.45, 7) is 3.92. The molecule has 110 valence electrons. The first-order valence-electron chi connectivity index (χ1n) is 7.40. The molecule has 1 unspecified atom stereocenters. The zero-order chi connectivity index (χ0) is 14.2. The molecule has 1 aromatic rings. The lowest BCUT2D eigenvalue weighted by Gasteiger charge is -2.45. The van der Waals surface area contributed by atoms with Gasteiger partial charge in [-0.2, -0.15) is 0 Å². The number of halogens is 2. The van der Waals surface area contributed by atoms with E-state index in [1.807, 2.05) is 18.2 Å². The van der Waals surface area contributed by atoms with Gasteiger partial charge in [0.25, 0.3) is 0 Å². The van der Waals surface area contributed by atoms with Crippen molar-refractivity contribution in [3.63, 3.8) is 0 Å². The maximum absolute atomic E-state index is 6.28. The molecular weight excluding hydrogens is 293 g/mol. The number of benzene rings is 1. The van der Waals surface area contributed by atoms with Crippen LogP contribution in [-0.2, 0) is 4.74 Å². The van der Waals surface area contributed by atoms with E-state index in [1.165, 1.54) is 25.7 Å². The van der Waals surface area contributed by atoms with E-state index in [0.29, 0.717) is 10.0 Å². The molecule has 1 N–H and O–H groups in total. The fourth-order valence-corrected chi connectivity index (χ4v) is 3.71. The van der Waals surface area contributed by atoms with Crippen LogP contribution in [0.15, 0.2) is 18.2 Å². The molecule has 2 fully saturated rings. The average molecular weight is 314 g/mol. The molecule has 1 aliphatic carbocycles. The van der Waals surface area contributed by atoms with Crippen molar-refractivity contribution in [2.45, 2.75) is 44.2 Å². The number of hydrogen-bond donors (Lipinski definition) is 1. The highest BCUT2D eigenvalue weighted by atomic mass is 35.5. The molecule has 3 rings (SSSR count). The third-order valence-electron chi connectivity index (χ3n) is 4.78. The van der Waals surface area contributed by atoms with Gasteiger partial charge in [0.1, 0.15) is 0 Å². The smallest absolute Gasteiger partial charge is 0.0965 e. The Hall–Kier alpha value is -0.280. The van der Waals surface area contributed by atoms with Crippen LogP contribution in [0.25, 0.3) is 0 Å². The fraction of sp³-hybridized carbons (Fsp3) is 0.625. The van der Waals surface area contributed by atoms with Crippen molar-refractivity contribution in [1.82, 2.24) is 5.32 Å². The zero-order valence-corrected chi connectivity index (χ0v) is 13.3. The van der Waals surface area contributed by atoms with Gasteiger partial charge in [0.15, 0.2) is 0 Å². The second-order valence-corrected chi connectivity index (χ2v) is 7.07. The van der Waals surface area contributed by atoms with Crippen molar-refractivity contribution < 1.29 is 4.74 Å². The fourth-order valence-electron chi connectivity index (χ4n) is 3.28. The molecule has 1 atom stereocenters. The largest absolute Gasteiger partial charge is 0.370 e. The Morgan fingerprint density at radius 3 is 2.65 bits per heavy atom. The number of nitrogens with one attached hydrogen (secondary N) is 1. The maximum atomic E-state index is 6.28. The number of hydrogen-bond acceptors (Lipinski definition) is 2. The van der Waals surface area contributed by atoms with Crippen LogP contribution in [0.5, 0.6) is 0 Å². The molecular formula is C16H21Cl2NO. The Kier molecular flexibility index (Phi) is 4.28. The molecule has 0 aromatic heterocycles. The summed E-state index contributed by atoms with van der Waals surface area (Å²) in [7, 11) is 0.